The van der Waals surface area contributed by atoms with Gasteiger partial charge in [0.1, 0.15) is 11.6 Å². The van der Waals surface area contributed by atoms with Crippen LogP contribution in [0.15, 0.2) is 133 Å². The van der Waals surface area contributed by atoms with Gasteiger partial charge in [-0.05, 0) is 45.1 Å². The molecule has 0 unspecified atom stereocenters. The van der Waals surface area contributed by atoms with E-state index in [9.17, 15) is 0 Å². The largest absolute Gasteiger partial charge is 0.309 e. The molecule has 15 rings (SSSR count). The van der Waals surface area contributed by atoms with Crippen LogP contribution in [0.5, 0.6) is 0 Å². The third-order valence-corrected chi connectivity index (χ3v) is 14.3. The number of hydrogen-bond donors (Lipinski definition) is 0. The Kier molecular flexibility index (Phi) is 5.84. The fraction of sp³-hybridized carbons (Fsp3) is 0. The van der Waals surface area contributed by atoms with E-state index in [4.69, 9.17) is 0 Å². The molecule has 62 heavy (non-hydrogen) atoms. The first-order chi connectivity index (χ1) is 30.4. The zero-order valence-corrected chi connectivity index (χ0v) is 32.0. The monoisotopic (exact) mass is 810 g/mol. The molecule has 0 spiro atoms. The highest BCUT2D eigenvalue weighted by atomic mass is 19.2. The number of rotatable bonds is 1. The van der Waals surface area contributed by atoms with Crippen molar-refractivity contribution in [2.45, 2.75) is 0 Å². The van der Waals surface area contributed by atoms with Gasteiger partial charge in [0.25, 0.3) is 13.4 Å². The number of fused-ring (bicyclic) bond motifs is 16. The maximum absolute atomic E-state index is 18.3. The quantitative estimate of drug-likeness (QED) is 0.0890. The van der Waals surface area contributed by atoms with Crippen molar-refractivity contribution in [2.75, 3.05) is 0 Å². The van der Waals surface area contributed by atoms with Gasteiger partial charge >= 0.3 is 0 Å². The molecule has 0 bridgehead atoms. The summed E-state index contributed by atoms with van der Waals surface area (Å²) in [7, 11) is 0. The van der Waals surface area contributed by atoms with Gasteiger partial charge in [-0.2, -0.15) is 0 Å². The van der Waals surface area contributed by atoms with Crippen LogP contribution in [0.1, 0.15) is 0 Å². The zero-order valence-electron chi connectivity index (χ0n) is 32.0. The van der Waals surface area contributed by atoms with Crippen molar-refractivity contribution in [3.8, 4) is 22.5 Å². The maximum Gasteiger partial charge on any atom is 0.252 e. The van der Waals surface area contributed by atoms with Crippen LogP contribution < -0.4 is 32.8 Å². The predicted molar refractivity (Wildman–Crippen MR) is 240 cm³/mol. The molecule has 0 atom stereocenters. The highest BCUT2D eigenvalue weighted by Crippen LogP contribution is 2.50. The lowest BCUT2D eigenvalue weighted by molar-refractivity contribution is 0.515. The molecule has 2 nitrogen and oxygen atoms in total. The summed E-state index contributed by atoms with van der Waals surface area (Å²) in [4.78, 5) is 0. The van der Waals surface area contributed by atoms with Gasteiger partial charge in [0, 0.05) is 54.1 Å². The Morgan fingerprint density at radius 3 is 1.48 bits per heavy atom. The summed E-state index contributed by atoms with van der Waals surface area (Å²) < 4.78 is 111. The summed E-state index contributed by atoms with van der Waals surface area (Å²) >= 11 is 0. The summed E-state index contributed by atoms with van der Waals surface area (Å²) in [5.74, 6) is -8.29. The fourth-order valence-corrected chi connectivity index (χ4v) is 12.2. The molecule has 0 aliphatic carbocycles. The van der Waals surface area contributed by atoms with Crippen molar-refractivity contribution in [1.82, 2.24) is 9.13 Å². The molecule has 3 aliphatic rings. The molecule has 2 aromatic heterocycles. The standard InChI is InChI=1S/C52H22B2F6N2/c55-43-36-34-35-37(46(58)47(59)38(34)51-41(43)53(23-11-2-1-3-12-23)31-18-10-16-28-25-14-5-8-19-32(25)61(51)49(28)31)44(56)42-52(39(35)48(60)45(36)57)62-33-20-9-6-15-26(33)29-22-21-27-24-13-4-7-17-30(24)54(42)40(27)50(29)62/h1-22H. The van der Waals surface area contributed by atoms with Crippen molar-refractivity contribution < 1.29 is 26.3 Å². The lowest BCUT2D eigenvalue weighted by atomic mass is 9.35. The molecule has 0 fully saturated rings. The van der Waals surface area contributed by atoms with Gasteiger partial charge in [-0.15, -0.1) is 0 Å². The van der Waals surface area contributed by atoms with E-state index in [1.54, 1.807) is 39.5 Å². The summed E-state index contributed by atoms with van der Waals surface area (Å²) in [5.41, 5.74) is 6.61. The molecule has 0 saturated carbocycles. The van der Waals surface area contributed by atoms with Gasteiger partial charge < -0.3 is 9.13 Å². The first kappa shape index (κ1) is 33.3. The van der Waals surface area contributed by atoms with E-state index in [1.807, 2.05) is 103 Å². The Morgan fingerprint density at radius 2 is 0.823 bits per heavy atom. The Bertz CT molecular complexity index is 4040. The highest BCUT2D eigenvalue weighted by molar-refractivity contribution is 7.02. The van der Waals surface area contributed by atoms with Crippen LogP contribution in [0.2, 0.25) is 0 Å². The van der Waals surface area contributed by atoms with E-state index in [2.05, 4.69) is 0 Å². The van der Waals surface area contributed by atoms with Gasteiger partial charge in [-0.3, -0.25) is 0 Å². The van der Waals surface area contributed by atoms with Crippen molar-refractivity contribution in [3.05, 3.63) is 168 Å². The third-order valence-electron chi connectivity index (χ3n) is 14.3. The summed E-state index contributed by atoms with van der Waals surface area (Å²) in [6, 6.07) is 40.9. The fourth-order valence-electron chi connectivity index (χ4n) is 12.2. The zero-order chi connectivity index (χ0) is 41.2. The molecule has 0 N–H and O–H groups in total. The van der Waals surface area contributed by atoms with E-state index in [0.29, 0.717) is 38.5 Å². The normalized spacial score (nSPS) is 13.6. The minimum Gasteiger partial charge on any atom is -0.309 e. The Hall–Kier alpha value is -7.45. The van der Waals surface area contributed by atoms with Crippen LogP contribution in [-0.4, -0.2) is 22.6 Å². The minimum atomic E-state index is -1.56. The van der Waals surface area contributed by atoms with Crippen LogP contribution in [0.3, 0.4) is 0 Å². The van der Waals surface area contributed by atoms with Crippen LogP contribution in [0.25, 0.3) is 98.4 Å². The third kappa shape index (κ3) is 3.47. The van der Waals surface area contributed by atoms with E-state index >= 15 is 26.3 Å². The summed E-state index contributed by atoms with van der Waals surface area (Å²) in [6.45, 7) is -1.80. The number of nitrogens with zero attached hydrogens (tertiary/aromatic N) is 2. The molecular weight excluding hydrogens is 788 g/mol. The number of para-hydroxylation sites is 3. The molecule has 3 aliphatic heterocycles. The average molecular weight is 810 g/mol. The van der Waals surface area contributed by atoms with Gasteiger partial charge in [0.05, 0.1) is 33.2 Å². The SMILES string of the molecule is Fc1c2c(c3c(F)c(F)c4c(F)c5c(c6c(F)c(F)c1c3c46)-n1c3ccccc3c3ccc4c(c31)B5c1ccccc1-4)-n1c3ccccc3c3cccc(c31)B2c1ccccc1. The second-order valence-corrected chi connectivity index (χ2v) is 16.9. The van der Waals surface area contributed by atoms with E-state index in [1.165, 1.54) is 0 Å². The molecule has 0 amide bonds. The molecule has 10 aromatic carbocycles. The lowest BCUT2D eigenvalue weighted by Crippen LogP contribution is -2.57. The Labute approximate surface area is 347 Å². The van der Waals surface area contributed by atoms with Crippen molar-refractivity contribution >= 4 is 122 Å². The van der Waals surface area contributed by atoms with E-state index < -0.39 is 80.6 Å². The smallest absolute Gasteiger partial charge is 0.252 e. The molecule has 12 aromatic rings. The molecule has 10 heteroatoms. The van der Waals surface area contributed by atoms with Crippen molar-refractivity contribution in [1.29, 1.82) is 0 Å². The molecular formula is C52H22B2F6N2. The number of hydrogen-bond acceptors (Lipinski definition) is 0. The number of aromatic nitrogens is 2. The highest BCUT2D eigenvalue weighted by Gasteiger charge is 2.47. The maximum atomic E-state index is 18.3. The summed E-state index contributed by atoms with van der Waals surface area (Å²) in [6.07, 6.45) is 0. The summed E-state index contributed by atoms with van der Waals surface area (Å²) in [5, 5.41) is -0.212. The first-order valence-corrected chi connectivity index (χ1v) is 20.5. The molecule has 288 valence electrons. The van der Waals surface area contributed by atoms with E-state index in [0.717, 1.165) is 38.1 Å². The molecule has 5 heterocycles. The second kappa shape index (κ2) is 10.9. The van der Waals surface area contributed by atoms with Crippen molar-refractivity contribution in [2.24, 2.45) is 0 Å². The minimum absolute atomic E-state index is 0.0161. The Morgan fingerprint density at radius 1 is 0.323 bits per heavy atom. The average Bonchev–Trinajstić information content (AvgIpc) is 3.94. The number of benzene rings is 10. The van der Waals surface area contributed by atoms with Crippen molar-refractivity contribution in [3.63, 3.8) is 0 Å². The molecule has 0 radical (unpaired) electrons. The van der Waals surface area contributed by atoms with Crippen LogP contribution in [0, 0.1) is 34.9 Å². The van der Waals surface area contributed by atoms with Gasteiger partial charge in [0.15, 0.2) is 23.3 Å². The predicted octanol–water partition coefficient (Wildman–Crippen LogP) is 9.25. The number of halogens is 6. The second-order valence-electron chi connectivity index (χ2n) is 16.9. The van der Waals surface area contributed by atoms with E-state index in [-0.39, 0.29) is 22.3 Å². The van der Waals surface area contributed by atoms with Gasteiger partial charge in [-0.25, -0.2) is 26.3 Å². The topological polar surface area (TPSA) is 9.86 Å². The Balaban J connectivity index is 1.23. The van der Waals surface area contributed by atoms with Crippen LogP contribution in [0.4, 0.5) is 26.3 Å². The first-order valence-electron chi connectivity index (χ1n) is 20.5. The van der Waals surface area contributed by atoms with Crippen LogP contribution in [-0.2, 0) is 0 Å². The lowest BCUT2D eigenvalue weighted by Gasteiger charge is -2.32. The molecule has 0 saturated heterocycles. The van der Waals surface area contributed by atoms with Crippen LogP contribution >= 0.6 is 0 Å². The van der Waals surface area contributed by atoms with Gasteiger partial charge in [-0.1, -0.05) is 132 Å². The van der Waals surface area contributed by atoms with Gasteiger partial charge in [0.2, 0.25) is 0 Å².